The summed E-state index contributed by atoms with van der Waals surface area (Å²) in [5, 5.41) is 2.95. The third kappa shape index (κ3) is 12.8. The number of unbranched alkanes of at least 4 members (excludes halogenated alkanes) is 2. The Bertz CT molecular complexity index is 103. The second-order valence-corrected chi connectivity index (χ2v) is 2.35. The van der Waals surface area contributed by atoms with E-state index in [0.29, 0.717) is 6.54 Å². The van der Waals surface area contributed by atoms with Gasteiger partial charge in [0.15, 0.2) is 0 Å². The summed E-state index contributed by atoms with van der Waals surface area (Å²) in [7, 11) is 0. The predicted molar refractivity (Wildman–Crippen MR) is 42.7 cm³/mol. The maximum atomic E-state index is 10.2. The first kappa shape index (κ1) is 13.3. The van der Waals surface area contributed by atoms with Crippen LogP contribution < -0.4 is 23.5 Å². The van der Waals surface area contributed by atoms with Crippen LogP contribution in [0.15, 0.2) is 0 Å². The lowest BCUT2D eigenvalue weighted by atomic mass is 10.2. The summed E-state index contributed by atoms with van der Waals surface area (Å²) in [4.78, 5) is 10.2. The van der Waals surface area contributed by atoms with Crippen molar-refractivity contribution in [2.75, 3.05) is 13.1 Å². The van der Waals surface area contributed by atoms with E-state index >= 15 is 0 Å². The monoisotopic (exact) mass is 180 g/mol. The number of nitrogens with two attached hydrogens (primary N) is 1. The van der Waals surface area contributed by atoms with Crippen LogP contribution in [0.2, 0.25) is 0 Å². The number of primary amides is 1. The van der Waals surface area contributed by atoms with E-state index in [1.54, 1.807) is 0 Å². The van der Waals surface area contributed by atoms with Crippen LogP contribution in [0.5, 0.6) is 0 Å². The lowest BCUT2D eigenvalue weighted by Gasteiger charge is -1.99. The Kier molecular flexibility index (Phi) is 11.8. The van der Waals surface area contributed by atoms with Crippen molar-refractivity contribution in [1.82, 2.24) is 5.32 Å². The van der Waals surface area contributed by atoms with Crippen molar-refractivity contribution in [3.63, 3.8) is 0 Å². The summed E-state index contributed by atoms with van der Waals surface area (Å²) in [5.41, 5.74) is 4.91. The first-order valence-corrected chi connectivity index (χ1v) is 3.76. The molecule has 0 aromatic rings. The van der Waals surface area contributed by atoms with Crippen molar-refractivity contribution < 1.29 is 18.6 Å². The van der Waals surface area contributed by atoms with Gasteiger partial charge in [0.05, 0.1) is 6.54 Å². The highest BCUT2D eigenvalue weighted by molar-refractivity contribution is 5.75. The molecule has 3 N–H and O–H groups in total. The Morgan fingerprint density at radius 1 is 1.55 bits per heavy atom. The molecule has 0 spiro atoms. The number of halogens is 1. The molecule has 11 heavy (non-hydrogen) atoms. The van der Waals surface area contributed by atoms with Gasteiger partial charge in [-0.2, -0.15) is 0 Å². The zero-order valence-electron chi connectivity index (χ0n) is 7.90. The second-order valence-electron chi connectivity index (χ2n) is 2.35. The minimum Gasteiger partial charge on any atom is -1.00 e. The van der Waals surface area contributed by atoms with Gasteiger partial charge in [-0.1, -0.05) is 19.8 Å². The van der Waals surface area contributed by atoms with Gasteiger partial charge in [-0.25, -0.2) is 0 Å². The number of nitrogens with one attached hydrogen (secondary N) is 1. The standard InChI is InChI=1S/C7H16N2O.ClH/c1-2-3-4-5-9-6-7(8)10;/h9H,2-6H2,1H3,(H2,8,10);1H. The maximum Gasteiger partial charge on any atom is 1.00 e. The fraction of sp³-hybridized carbons (Fsp3) is 0.857. The Morgan fingerprint density at radius 3 is 2.64 bits per heavy atom. The van der Waals surface area contributed by atoms with Gasteiger partial charge in [0.1, 0.15) is 0 Å². The second kappa shape index (κ2) is 9.72. The molecule has 0 fully saturated rings. The number of carbonyl (C=O) groups excluding carboxylic acids is 1. The molecule has 0 saturated heterocycles. The van der Waals surface area contributed by atoms with Crippen LogP contribution in [0.1, 0.15) is 27.6 Å². The van der Waals surface area contributed by atoms with Crippen molar-refractivity contribution in [1.29, 1.82) is 0 Å². The zero-order valence-corrected chi connectivity index (χ0v) is 7.66. The first-order valence-electron chi connectivity index (χ1n) is 3.76. The summed E-state index contributed by atoms with van der Waals surface area (Å²) < 4.78 is 0. The van der Waals surface area contributed by atoms with E-state index in [-0.39, 0.29) is 19.7 Å². The van der Waals surface area contributed by atoms with E-state index in [4.69, 9.17) is 5.73 Å². The van der Waals surface area contributed by atoms with Crippen LogP contribution in [-0.2, 0) is 4.79 Å². The topological polar surface area (TPSA) is 55.1 Å². The van der Waals surface area contributed by atoms with Crippen molar-refractivity contribution in [3.8, 4) is 0 Å². The molecule has 68 valence electrons. The van der Waals surface area contributed by atoms with Crippen molar-refractivity contribution in [2.24, 2.45) is 5.73 Å². The molecule has 0 aromatic carbocycles. The van der Waals surface area contributed by atoms with E-state index in [1.807, 2.05) is 0 Å². The summed E-state index contributed by atoms with van der Waals surface area (Å²) in [6.45, 7) is 3.36. The van der Waals surface area contributed by atoms with Gasteiger partial charge >= 0.3 is 1.43 Å². The van der Waals surface area contributed by atoms with E-state index < -0.39 is 0 Å². The molecular weight excluding hydrogens is 164 g/mol. The van der Waals surface area contributed by atoms with Crippen LogP contribution in [0.3, 0.4) is 0 Å². The average Bonchev–Trinajstić information content (AvgIpc) is 1.87. The Balaban J connectivity index is -0.000000405. The highest BCUT2D eigenvalue weighted by Crippen LogP contribution is 1.90. The molecule has 0 atom stereocenters. The number of rotatable bonds is 6. The highest BCUT2D eigenvalue weighted by Gasteiger charge is 1.90. The van der Waals surface area contributed by atoms with Crippen LogP contribution in [0.4, 0.5) is 0 Å². The van der Waals surface area contributed by atoms with Crippen LogP contribution in [0.25, 0.3) is 0 Å². The lowest BCUT2D eigenvalue weighted by molar-refractivity contribution is -0.117. The largest absolute Gasteiger partial charge is 1.00 e. The summed E-state index contributed by atoms with van der Waals surface area (Å²) in [6, 6.07) is 0. The number of hydrogen-bond acceptors (Lipinski definition) is 2. The van der Waals surface area contributed by atoms with E-state index in [1.165, 1.54) is 12.8 Å². The van der Waals surface area contributed by atoms with Gasteiger partial charge in [0.2, 0.25) is 5.91 Å². The highest BCUT2D eigenvalue weighted by atomic mass is 35.5. The molecule has 0 aliphatic rings. The van der Waals surface area contributed by atoms with E-state index in [9.17, 15) is 4.79 Å². The minimum absolute atomic E-state index is 0. The van der Waals surface area contributed by atoms with Crippen LogP contribution >= 0.6 is 0 Å². The Morgan fingerprint density at radius 2 is 2.18 bits per heavy atom. The molecule has 0 radical (unpaired) electrons. The smallest absolute Gasteiger partial charge is 1.00 e. The quantitative estimate of drug-likeness (QED) is 0.440. The molecule has 0 saturated carbocycles. The molecule has 0 aliphatic heterocycles. The molecule has 3 nitrogen and oxygen atoms in total. The lowest BCUT2D eigenvalue weighted by Crippen LogP contribution is -3.00. The normalized spacial score (nSPS) is 8.82. The van der Waals surface area contributed by atoms with Crippen LogP contribution in [-0.4, -0.2) is 19.0 Å². The molecule has 4 heteroatoms. The van der Waals surface area contributed by atoms with Gasteiger partial charge < -0.3 is 23.5 Å². The Labute approximate surface area is 75.6 Å². The SMILES string of the molecule is CCCCCNCC(N)=O.[Cl-].[H+]. The number of carbonyl (C=O) groups is 1. The van der Waals surface area contributed by atoms with Gasteiger partial charge in [-0.15, -0.1) is 0 Å². The summed E-state index contributed by atoms with van der Waals surface area (Å²) in [6.07, 6.45) is 3.55. The van der Waals surface area contributed by atoms with Crippen molar-refractivity contribution in [2.45, 2.75) is 26.2 Å². The van der Waals surface area contributed by atoms with E-state index in [2.05, 4.69) is 12.2 Å². The molecular formula is C7H17ClN2O. The molecule has 1 amide bonds. The fourth-order valence-electron chi connectivity index (χ4n) is 0.712. The summed E-state index contributed by atoms with van der Waals surface area (Å²) in [5.74, 6) is -0.281. The van der Waals surface area contributed by atoms with Gasteiger partial charge in [-0.05, 0) is 13.0 Å². The first-order chi connectivity index (χ1) is 4.77. The molecule has 0 bridgehead atoms. The predicted octanol–water partition coefficient (Wildman–Crippen LogP) is -2.63. The van der Waals surface area contributed by atoms with Crippen molar-refractivity contribution in [3.05, 3.63) is 0 Å². The number of amides is 1. The molecule has 0 rings (SSSR count). The average molecular weight is 181 g/mol. The third-order valence-electron chi connectivity index (χ3n) is 1.26. The molecule has 0 heterocycles. The van der Waals surface area contributed by atoms with E-state index in [0.717, 1.165) is 13.0 Å². The number of hydrogen-bond donors (Lipinski definition) is 2. The van der Waals surface area contributed by atoms with Crippen LogP contribution in [0, 0.1) is 0 Å². The molecule has 0 unspecified atom stereocenters. The molecule has 0 aromatic heterocycles. The third-order valence-corrected chi connectivity index (χ3v) is 1.26. The Hall–Kier alpha value is -0.280. The summed E-state index contributed by atoms with van der Waals surface area (Å²) >= 11 is 0. The maximum absolute atomic E-state index is 10.2. The van der Waals surface area contributed by atoms with Gasteiger partial charge in [-0.3, -0.25) is 4.79 Å². The van der Waals surface area contributed by atoms with Gasteiger partial charge in [0, 0.05) is 0 Å². The fourth-order valence-corrected chi connectivity index (χ4v) is 0.712. The molecule has 0 aliphatic carbocycles. The minimum atomic E-state index is -0.281. The van der Waals surface area contributed by atoms with Crippen molar-refractivity contribution >= 4 is 5.91 Å². The zero-order chi connectivity index (χ0) is 7.82. The van der Waals surface area contributed by atoms with Gasteiger partial charge in [0.25, 0.3) is 0 Å².